The van der Waals surface area contributed by atoms with Crippen molar-refractivity contribution >= 4 is 34.1 Å². The van der Waals surface area contributed by atoms with Crippen LogP contribution in [0.2, 0.25) is 0 Å². The zero-order chi connectivity index (χ0) is 20.2. The molecule has 0 radical (unpaired) electrons. The first-order valence-corrected chi connectivity index (χ1v) is 7.99. The van der Waals surface area contributed by atoms with E-state index >= 15 is 0 Å². The van der Waals surface area contributed by atoms with Gasteiger partial charge in [0.25, 0.3) is 0 Å². The normalized spacial score (nSPS) is 13.6. The predicted octanol–water partition coefficient (Wildman–Crippen LogP) is 4.00. The molecule has 0 aliphatic carbocycles. The van der Waals surface area contributed by atoms with E-state index in [0.717, 1.165) is 6.07 Å². The molecule has 28 heavy (non-hydrogen) atoms. The van der Waals surface area contributed by atoms with E-state index in [4.69, 9.17) is 0 Å². The third-order valence-electron chi connectivity index (χ3n) is 4.47. The van der Waals surface area contributed by atoms with Crippen LogP contribution >= 0.6 is 0 Å². The van der Waals surface area contributed by atoms with E-state index in [1.54, 1.807) is 0 Å². The second-order valence-corrected chi connectivity index (χ2v) is 6.09. The molecule has 0 saturated heterocycles. The number of aromatic amines is 1. The van der Waals surface area contributed by atoms with Crippen molar-refractivity contribution in [2.24, 2.45) is 4.99 Å². The molecule has 1 aliphatic heterocycles. The fraction of sp³-hybridized carbons (Fsp3) is 0.105. The van der Waals surface area contributed by atoms with Crippen LogP contribution in [0.4, 0.5) is 18.9 Å². The molecule has 2 N–H and O–H groups in total. The molecule has 4 rings (SSSR count). The molecule has 2 aromatic carbocycles. The summed E-state index contributed by atoms with van der Waals surface area (Å²) >= 11 is 0. The molecule has 0 spiro atoms. The number of alkyl halides is 3. The zero-order valence-corrected chi connectivity index (χ0v) is 14.2. The average Bonchev–Trinajstić information content (AvgIpc) is 3.15. The van der Waals surface area contributed by atoms with E-state index in [1.807, 2.05) is 0 Å². The first kappa shape index (κ1) is 17.8. The molecule has 3 aromatic rings. The van der Waals surface area contributed by atoms with Crippen molar-refractivity contribution in [2.75, 3.05) is 7.11 Å². The number of nitrogens with one attached hydrogen (secondary N) is 1. The van der Waals surface area contributed by atoms with E-state index in [-0.39, 0.29) is 39.0 Å². The van der Waals surface area contributed by atoms with E-state index in [9.17, 15) is 27.9 Å². The molecule has 0 amide bonds. The van der Waals surface area contributed by atoms with Gasteiger partial charge in [-0.15, -0.1) is 0 Å². The molecule has 0 saturated carbocycles. The monoisotopic (exact) mass is 388 g/mol. The van der Waals surface area contributed by atoms with Crippen molar-refractivity contribution in [2.45, 2.75) is 6.18 Å². The van der Waals surface area contributed by atoms with Crippen LogP contribution in [-0.4, -0.2) is 34.7 Å². The molecule has 142 valence electrons. The maximum absolute atomic E-state index is 13.2. The number of aliphatic imine (C=N–C) groups is 1. The van der Waals surface area contributed by atoms with Crippen LogP contribution in [0.3, 0.4) is 0 Å². The number of methoxy groups -OCH3 is 1. The SMILES string of the molecule is COC(=O)c1ccc2c(c1)C(=O)C(c1c(O)[nH]c3c(C(F)(F)F)cccc13)=N2. The zero-order valence-electron chi connectivity index (χ0n) is 14.2. The standard InChI is InChI=1S/C19H11F3N2O4/c1-28-18(27)8-5-6-12-10(7-8)16(25)15(23-12)13-9-3-2-4-11(19(20,21)22)14(9)24-17(13)26/h2-7,24,26H,1H3. The highest BCUT2D eigenvalue weighted by molar-refractivity contribution is 6.56. The lowest BCUT2D eigenvalue weighted by molar-refractivity contribution is -0.136. The van der Waals surface area contributed by atoms with Crippen LogP contribution in [0.15, 0.2) is 41.4 Å². The number of nitrogens with zero attached hydrogens (tertiary/aromatic N) is 1. The number of rotatable bonds is 2. The number of esters is 1. The Labute approximate surface area is 155 Å². The number of carbonyl (C=O) groups excluding carboxylic acids is 2. The van der Waals surface area contributed by atoms with Gasteiger partial charge in [0, 0.05) is 5.39 Å². The Bertz CT molecular complexity index is 1190. The number of hydrogen-bond donors (Lipinski definition) is 2. The maximum Gasteiger partial charge on any atom is 0.418 e. The molecule has 9 heteroatoms. The molecule has 0 unspecified atom stereocenters. The average molecular weight is 388 g/mol. The summed E-state index contributed by atoms with van der Waals surface area (Å²) < 4.78 is 44.3. The minimum absolute atomic E-state index is 0.0143. The largest absolute Gasteiger partial charge is 0.494 e. The number of aromatic nitrogens is 1. The summed E-state index contributed by atoms with van der Waals surface area (Å²) in [5.41, 5.74) is -1.17. The van der Waals surface area contributed by atoms with Crippen LogP contribution < -0.4 is 0 Å². The number of benzene rings is 2. The Hall–Kier alpha value is -3.62. The highest BCUT2D eigenvalue weighted by atomic mass is 19.4. The fourth-order valence-electron chi connectivity index (χ4n) is 3.21. The fourth-order valence-corrected chi connectivity index (χ4v) is 3.21. The third-order valence-corrected chi connectivity index (χ3v) is 4.47. The Balaban J connectivity index is 1.87. The summed E-state index contributed by atoms with van der Waals surface area (Å²) in [6.45, 7) is 0. The number of ether oxygens (including phenoxy) is 1. The lowest BCUT2D eigenvalue weighted by Gasteiger charge is -2.07. The van der Waals surface area contributed by atoms with Crippen molar-refractivity contribution in [3.63, 3.8) is 0 Å². The highest BCUT2D eigenvalue weighted by Gasteiger charge is 2.36. The molecule has 1 aliphatic rings. The van der Waals surface area contributed by atoms with Crippen molar-refractivity contribution in [1.29, 1.82) is 0 Å². The van der Waals surface area contributed by atoms with Crippen LogP contribution in [0.5, 0.6) is 5.88 Å². The van der Waals surface area contributed by atoms with Gasteiger partial charge in [-0.25, -0.2) is 9.79 Å². The minimum atomic E-state index is -4.64. The number of hydrogen-bond acceptors (Lipinski definition) is 5. The number of halogens is 3. The number of aromatic hydroxyl groups is 1. The molecule has 6 nitrogen and oxygen atoms in total. The molecular formula is C19H11F3N2O4. The molecule has 0 bridgehead atoms. The molecular weight excluding hydrogens is 377 g/mol. The molecule has 0 fully saturated rings. The number of carbonyl (C=O) groups is 2. The van der Waals surface area contributed by atoms with Crippen molar-refractivity contribution < 1.29 is 32.6 Å². The summed E-state index contributed by atoms with van der Waals surface area (Å²) in [4.78, 5) is 30.9. The summed E-state index contributed by atoms with van der Waals surface area (Å²) in [5, 5.41) is 10.2. The van der Waals surface area contributed by atoms with Crippen LogP contribution in [0, 0.1) is 0 Å². The van der Waals surface area contributed by atoms with Gasteiger partial charge in [-0.05, 0) is 24.3 Å². The number of Topliss-reactive ketones (excluding diaryl/α,β-unsaturated/α-hetero) is 1. The lowest BCUT2D eigenvalue weighted by Crippen LogP contribution is -2.12. The van der Waals surface area contributed by atoms with Gasteiger partial charge in [-0.1, -0.05) is 12.1 Å². The second kappa shape index (κ2) is 5.95. The molecule has 1 aromatic heterocycles. The third kappa shape index (κ3) is 2.55. The summed E-state index contributed by atoms with van der Waals surface area (Å²) in [6.07, 6.45) is -4.64. The second-order valence-electron chi connectivity index (χ2n) is 6.09. The first-order valence-electron chi connectivity index (χ1n) is 7.99. The summed E-state index contributed by atoms with van der Waals surface area (Å²) in [7, 11) is 1.20. The first-order chi connectivity index (χ1) is 13.2. The van der Waals surface area contributed by atoms with Gasteiger partial charge >= 0.3 is 12.1 Å². The van der Waals surface area contributed by atoms with E-state index < -0.39 is 29.4 Å². The highest BCUT2D eigenvalue weighted by Crippen LogP contribution is 2.40. The van der Waals surface area contributed by atoms with Crippen LogP contribution in [0.1, 0.15) is 31.8 Å². The smallest absolute Gasteiger partial charge is 0.418 e. The summed E-state index contributed by atoms with van der Waals surface area (Å²) in [6, 6.07) is 7.56. The molecule has 2 heterocycles. The Morgan fingerprint density at radius 3 is 2.64 bits per heavy atom. The van der Waals surface area contributed by atoms with E-state index in [0.29, 0.717) is 0 Å². The maximum atomic E-state index is 13.2. The Morgan fingerprint density at radius 2 is 1.96 bits per heavy atom. The van der Waals surface area contributed by atoms with Crippen molar-refractivity contribution in [3.05, 3.63) is 58.7 Å². The van der Waals surface area contributed by atoms with Gasteiger partial charge < -0.3 is 14.8 Å². The van der Waals surface area contributed by atoms with E-state index in [2.05, 4.69) is 14.7 Å². The lowest BCUT2D eigenvalue weighted by atomic mass is 9.99. The van der Waals surface area contributed by atoms with Gasteiger partial charge in [-0.2, -0.15) is 13.2 Å². The quantitative estimate of drug-likeness (QED) is 0.650. The number of para-hydroxylation sites is 1. The summed E-state index contributed by atoms with van der Waals surface area (Å²) in [5.74, 6) is -1.86. The topological polar surface area (TPSA) is 91.8 Å². The Kier molecular flexibility index (Phi) is 3.77. The number of H-pyrrole nitrogens is 1. The number of fused-ring (bicyclic) bond motifs is 2. The molecule has 0 atom stereocenters. The van der Waals surface area contributed by atoms with Crippen molar-refractivity contribution in [3.8, 4) is 5.88 Å². The van der Waals surface area contributed by atoms with Crippen LogP contribution in [-0.2, 0) is 10.9 Å². The minimum Gasteiger partial charge on any atom is -0.494 e. The van der Waals surface area contributed by atoms with Gasteiger partial charge in [0.1, 0.15) is 5.71 Å². The number of ketones is 1. The van der Waals surface area contributed by atoms with Crippen molar-refractivity contribution in [1.82, 2.24) is 4.98 Å². The van der Waals surface area contributed by atoms with Gasteiger partial charge in [0.05, 0.1) is 40.6 Å². The van der Waals surface area contributed by atoms with Gasteiger partial charge in [0.15, 0.2) is 5.88 Å². The van der Waals surface area contributed by atoms with Crippen LogP contribution in [0.25, 0.3) is 10.9 Å². The predicted molar refractivity (Wildman–Crippen MR) is 93.3 cm³/mol. The van der Waals surface area contributed by atoms with Gasteiger partial charge in [-0.3, -0.25) is 4.79 Å². The Morgan fingerprint density at radius 1 is 1.21 bits per heavy atom. The van der Waals surface area contributed by atoms with Gasteiger partial charge in [0.2, 0.25) is 5.78 Å². The van der Waals surface area contributed by atoms with E-state index in [1.165, 1.54) is 37.4 Å².